The van der Waals surface area contributed by atoms with E-state index in [1.165, 1.54) is 0 Å². The molecule has 0 unspecified atom stereocenters. The number of hydrogen-bond acceptors (Lipinski definition) is 1. The number of rotatable bonds is 0. The SMILES string of the molecule is Cl.Nc1ccc(Cl)cc1Br. The van der Waals surface area contributed by atoms with Crippen molar-refractivity contribution < 1.29 is 0 Å². The lowest BCUT2D eigenvalue weighted by atomic mass is 10.3. The van der Waals surface area contributed by atoms with Crippen LogP contribution in [-0.4, -0.2) is 0 Å². The van der Waals surface area contributed by atoms with Crippen molar-refractivity contribution in [3.05, 3.63) is 27.7 Å². The lowest BCUT2D eigenvalue weighted by molar-refractivity contribution is 1.63. The second kappa shape index (κ2) is 4.06. The molecule has 0 saturated heterocycles. The Morgan fingerprint density at radius 1 is 1.40 bits per heavy atom. The summed E-state index contributed by atoms with van der Waals surface area (Å²) in [6, 6.07) is 5.27. The predicted octanol–water partition coefficient (Wildman–Crippen LogP) is 3.11. The lowest BCUT2D eigenvalue weighted by Crippen LogP contribution is -1.84. The highest BCUT2D eigenvalue weighted by Crippen LogP contribution is 2.22. The van der Waals surface area contributed by atoms with Gasteiger partial charge in [-0.3, -0.25) is 0 Å². The summed E-state index contributed by atoms with van der Waals surface area (Å²) in [5, 5.41) is 0.691. The van der Waals surface area contributed by atoms with Crippen molar-refractivity contribution in [3.8, 4) is 0 Å². The first-order valence-corrected chi connectivity index (χ1v) is 3.58. The van der Waals surface area contributed by atoms with Crippen LogP contribution in [0.5, 0.6) is 0 Å². The van der Waals surface area contributed by atoms with Gasteiger partial charge in [-0.2, -0.15) is 0 Å². The zero-order valence-corrected chi connectivity index (χ0v) is 8.13. The maximum atomic E-state index is 5.63. The van der Waals surface area contributed by atoms with Crippen molar-refractivity contribution in [2.45, 2.75) is 0 Å². The first-order valence-electron chi connectivity index (χ1n) is 2.40. The van der Waals surface area contributed by atoms with Gasteiger partial charge in [-0.05, 0) is 34.1 Å². The minimum absolute atomic E-state index is 0. The zero-order valence-electron chi connectivity index (χ0n) is 4.97. The van der Waals surface area contributed by atoms with Gasteiger partial charge < -0.3 is 5.73 Å². The summed E-state index contributed by atoms with van der Waals surface area (Å²) in [6.45, 7) is 0. The highest BCUT2D eigenvalue weighted by atomic mass is 79.9. The van der Waals surface area contributed by atoms with E-state index in [2.05, 4.69) is 15.9 Å². The summed E-state index contributed by atoms with van der Waals surface area (Å²) in [5.41, 5.74) is 6.19. The van der Waals surface area contributed by atoms with E-state index in [-0.39, 0.29) is 12.4 Å². The Balaban J connectivity index is 0.000000810. The highest BCUT2D eigenvalue weighted by molar-refractivity contribution is 9.10. The molecule has 0 bridgehead atoms. The number of halogens is 3. The summed E-state index contributed by atoms with van der Waals surface area (Å²) in [4.78, 5) is 0. The van der Waals surface area contributed by atoms with E-state index >= 15 is 0 Å². The van der Waals surface area contributed by atoms with Crippen LogP contribution in [0, 0.1) is 0 Å². The van der Waals surface area contributed by atoms with Crippen LogP contribution < -0.4 is 5.73 Å². The Morgan fingerprint density at radius 3 is 2.40 bits per heavy atom. The van der Waals surface area contributed by atoms with Gasteiger partial charge in [0.05, 0.1) is 0 Å². The average Bonchev–Trinajstić information content (AvgIpc) is 1.80. The molecule has 2 N–H and O–H groups in total. The Hall–Kier alpha value is 0.0800. The predicted molar refractivity (Wildman–Crippen MR) is 50.8 cm³/mol. The quantitative estimate of drug-likeness (QED) is 0.696. The van der Waals surface area contributed by atoms with Crippen LogP contribution in [-0.2, 0) is 0 Å². The molecule has 0 radical (unpaired) electrons. The minimum Gasteiger partial charge on any atom is -0.398 e. The zero-order chi connectivity index (χ0) is 6.85. The molecule has 0 aromatic heterocycles. The van der Waals surface area contributed by atoms with Gasteiger partial charge in [-0.1, -0.05) is 11.6 Å². The molecule has 0 aliphatic carbocycles. The summed E-state index contributed by atoms with van der Waals surface area (Å²) in [7, 11) is 0. The van der Waals surface area contributed by atoms with Gasteiger partial charge in [-0.15, -0.1) is 12.4 Å². The number of nitrogen functional groups attached to an aromatic ring is 1. The van der Waals surface area contributed by atoms with Gasteiger partial charge >= 0.3 is 0 Å². The van der Waals surface area contributed by atoms with E-state index in [1.807, 2.05) is 0 Å². The highest BCUT2D eigenvalue weighted by Gasteiger charge is 1.93. The molecule has 10 heavy (non-hydrogen) atoms. The third-order valence-corrected chi connectivity index (χ3v) is 1.88. The Morgan fingerprint density at radius 2 is 2.00 bits per heavy atom. The Bertz CT molecular complexity index is 227. The fourth-order valence-corrected chi connectivity index (χ4v) is 1.18. The van der Waals surface area contributed by atoms with E-state index in [4.69, 9.17) is 17.3 Å². The largest absolute Gasteiger partial charge is 0.398 e. The average molecular weight is 243 g/mol. The fourth-order valence-electron chi connectivity index (χ4n) is 0.502. The number of nitrogens with two attached hydrogens (primary N) is 1. The molecule has 1 aromatic carbocycles. The molecular weight excluding hydrogens is 237 g/mol. The number of benzene rings is 1. The smallest absolute Gasteiger partial charge is 0.0459 e. The Labute approximate surface area is 79.1 Å². The molecule has 1 nitrogen and oxygen atoms in total. The van der Waals surface area contributed by atoms with Crippen molar-refractivity contribution in [1.29, 1.82) is 0 Å². The molecule has 4 heteroatoms. The molecule has 0 aliphatic heterocycles. The molecule has 0 atom stereocenters. The summed E-state index contributed by atoms with van der Waals surface area (Å²) in [6.07, 6.45) is 0. The van der Waals surface area contributed by atoms with Gasteiger partial charge in [0.2, 0.25) is 0 Å². The molecule has 0 saturated carbocycles. The molecule has 0 amide bonds. The van der Waals surface area contributed by atoms with Gasteiger partial charge in [-0.25, -0.2) is 0 Å². The molecule has 0 fully saturated rings. The second-order valence-electron chi connectivity index (χ2n) is 1.67. The van der Waals surface area contributed by atoms with E-state index in [1.54, 1.807) is 18.2 Å². The molecule has 0 aliphatic rings. The van der Waals surface area contributed by atoms with Crippen LogP contribution in [0.2, 0.25) is 5.02 Å². The van der Waals surface area contributed by atoms with E-state index in [9.17, 15) is 0 Å². The molecule has 56 valence electrons. The van der Waals surface area contributed by atoms with Crippen molar-refractivity contribution in [2.75, 3.05) is 5.73 Å². The van der Waals surface area contributed by atoms with Crippen molar-refractivity contribution in [3.63, 3.8) is 0 Å². The van der Waals surface area contributed by atoms with Crippen LogP contribution in [0.3, 0.4) is 0 Å². The van der Waals surface area contributed by atoms with Crippen molar-refractivity contribution in [1.82, 2.24) is 0 Å². The van der Waals surface area contributed by atoms with E-state index < -0.39 is 0 Å². The first-order chi connectivity index (χ1) is 4.20. The molecule has 0 spiro atoms. The Kier molecular flexibility index (Phi) is 4.09. The monoisotopic (exact) mass is 241 g/mol. The maximum Gasteiger partial charge on any atom is 0.0459 e. The lowest BCUT2D eigenvalue weighted by Gasteiger charge is -1.95. The number of hydrogen-bond donors (Lipinski definition) is 1. The van der Waals surface area contributed by atoms with Crippen LogP contribution in [0.1, 0.15) is 0 Å². The molecule has 0 heterocycles. The van der Waals surface area contributed by atoms with Crippen LogP contribution >= 0.6 is 39.9 Å². The second-order valence-corrected chi connectivity index (χ2v) is 2.96. The first kappa shape index (κ1) is 10.1. The van der Waals surface area contributed by atoms with Gasteiger partial charge in [0, 0.05) is 15.2 Å². The van der Waals surface area contributed by atoms with Crippen LogP contribution in [0.15, 0.2) is 22.7 Å². The number of anilines is 1. The topological polar surface area (TPSA) is 26.0 Å². The van der Waals surface area contributed by atoms with E-state index in [0.717, 1.165) is 4.47 Å². The van der Waals surface area contributed by atoms with Crippen molar-refractivity contribution in [2.24, 2.45) is 0 Å². The van der Waals surface area contributed by atoms with Crippen LogP contribution in [0.25, 0.3) is 0 Å². The fraction of sp³-hybridized carbons (Fsp3) is 0. The maximum absolute atomic E-state index is 5.63. The molecular formula is C6H6BrCl2N. The van der Waals surface area contributed by atoms with Crippen molar-refractivity contribution >= 4 is 45.6 Å². The van der Waals surface area contributed by atoms with Crippen LogP contribution in [0.4, 0.5) is 5.69 Å². The molecule has 1 rings (SSSR count). The van der Waals surface area contributed by atoms with E-state index in [0.29, 0.717) is 10.7 Å². The van der Waals surface area contributed by atoms with Gasteiger partial charge in [0.25, 0.3) is 0 Å². The normalized spacial score (nSPS) is 8.60. The van der Waals surface area contributed by atoms with Gasteiger partial charge in [0.1, 0.15) is 0 Å². The third kappa shape index (κ3) is 2.37. The summed E-state index contributed by atoms with van der Waals surface area (Å²) < 4.78 is 0.843. The molecule has 1 aromatic rings. The van der Waals surface area contributed by atoms with Gasteiger partial charge in [0.15, 0.2) is 0 Å². The minimum atomic E-state index is 0. The third-order valence-electron chi connectivity index (χ3n) is 0.962. The summed E-state index contributed by atoms with van der Waals surface area (Å²) >= 11 is 8.87. The summed E-state index contributed by atoms with van der Waals surface area (Å²) in [5.74, 6) is 0. The standard InChI is InChI=1S/C6H5BrClN.ClH/c7-5-3-4(8)1-2-6(5)9;/h1-3H,9H2;1H.